The van der Waals surface area contributed by atoms with Crippen molar-refractivity contribution >= 4 is 29.0 Å². The molecule has 2 amide bonds. The van der Waals surface area contributed by atoms with Crippen molar-refractivity contribution in [2.75, 3.05) is 38.2 Å². The number of hydrogen-bond acceptors (Lipinski definition) is 7. The van der Waals surface area contributed by atoms with Gasteiger partial charge in [0.1, 0.15) is 5.82 Å². The van der Waals surface area contributed by atoms with E-state index >= 15 is 0 Å². The predicted octanol–water partition coefficient (Wildman–Crippen LogP) is 3.04. The molecule has 0 saturated carbocycles. The molecule has 5 rings (SSSR count). The fourth-order valence-electron chi connectivity index (χ4n) is 4.47. The van der Waals surface area contributed by atoms with E-state index in [0.717, 1.165) is 28.0 Å². The highest BCUT2D eigenvalue weighted by molar-refractivity contribution is 5.94. The minimum absolute atomic E-state index is 0.0523. The van der Waals surface area contributed by atoms with Crippen LogP contribution >= 0.6 is 0 Å². The third-order valence-corrected chi connectivity index (χ3v) is 6.56. The molecule has 0 spiro atoms. The molecule has 0 unspecified atom stereocenters. The van der Waals surface area contributed by atoms with Gasteiger partial charge in [0.15, 0.2) is 5.65 Å². The molecular weight excluding hydrogens is 496 g/mol. The number of imidazole rings is 1. The molecule has 202 valence electrons. The van der Waals surface area contributed by atoms with E-state index in [1.165, 1.54) is 0 Å². The van der Waals surface area contributed by atoms with Gasteiger partial charge in [-0.3, -0.25) is 9.59 Å². The first-order chi connectivity index (χ1) is 18.8. The largest absolute Gasteiger partial charge is 0.394 e. The maximum absolute atomic E-state index is 12.7. The standard InChI is InChI=1S/C29H32N6O4/c1-29(2,19-36)33-26(37)15-20-4-3-5-21(14-20)23-16-24(27-30-8-9-35(27)18-23)32-25-7-6-22(17-31-25)28(38)34-10-12-39-13-11-34/h3-9,14,16-18,36H,10-13,15,19H2,1-2H3,(H,31,32)(H,33,37). The summed E-state index contributed by atoms with van der Waals surface area (Å²) in [6.45, 7) is 5.68. The molecule has 1 aliphatic heterocycles. The van der Waals surface area contributed by atoms with Crippen molar-refractivity contribution < 1.29 is 19.4 Å². The Morgan fingerprint density at radius 3 is 2.64 bits per heavy atom. The SMILES string of the molecule is CC(C)(CO)NC(=O)Cc1cccc(-c2cc(Nc3ccc(C(=O)N4CCOCC4)cn3)c3nccn3c2)c1. The number of morpholine rings is 1. The fraction of sp³-hybridized carbons (Fsp3) is 0.310. The van der Waals surface area contributed by atoms with Crippen molar-refractivity contribution in [3.8, 4) is 11.1 Å². The highest BCUT2D eigenvalue weighted by atomic mass is 16.5. The van der Waals surface area contributed by atoms with Crippen LogP contribution in [0, 0.1) is 0 Å². The number of carbonyl (C=O) groups is 2. The second-order valence-corrected chi connectivity index (χ2v) is 10.2. The molecule has 10 heteroatoms. The number of nitrogens with one attached hydrogen (secondary N) is 2. The maximum Gasteiger partial charge on any atom is 0.255 e. The average Bonchev–Trinajstić information content (AvgIpc) is 3.43. The number of aliphatic hydroxyl groups excluding tert-OH is 1. The lowest BCUT2D eigenvalue weighted by molar-refractivity contribution is -0.122. The number of anilines is 2. The molecule has 0 atom stereocenters. The molecule has 4 heterocycles. The molecule has 1 aromatic carbocycles. The quantitative estimate of drug-likeness (QED) is 0.321. The molecule has 1 fully saturated rings. The second-order valence-electron chi connectivity index (χ2n) is 10.2. The number of aromatic nitrogens is 3. The molecule has 10 nitrogen and oxygen atoms in total. The summed E-state index contributed by atoms with van der Waals surface area (Å²) in [5.41, 5.74) is 4.08. The topological polar surface area (TPSA) is 121 Å². The molecule has 39 heavy (non-hydrogen) atoms. The summed E-state index contributed by atoms with van der Waals surface area (Å²) in [5, 5.41) is 15.6. The Bertz CT molecular complexity index is 1470. The van der Waals surface area contributed by atoms with E-state index in [1.807, 2.05) is 47.1 Å². The number of rotatable bonds is 8. The Labute approximate surface area is 226 Å². The first-order valence-corrected chi connectivity index (χ1v) is 12.9. The zero-order valence-electron chi connectivity index (χ0n) is 22.1. The smallest absolute Gasteiger partial charge is 0.255 e. The van der Waals surface area contributed by atoms with Crippen LogP contribution in [0.5, 0.6) is 0 Å². The first kappa shape index (κ1) is 26.3. The van der Waals surface area contributed by atoms with Crippen LogP contribution in [-0.4, -0.2) is 74.6 Å². The number of pyridine rings is 2. The normalized spacial score (nSPS) is 13.9. The van der Waals surface area contributed by atoms with E-state index < -0.39 is 5.54 Å². The monoisotopic (exact) mass is 528 g/mol. The summed E-state index contributed by atoms with van der Waals surface area (Å²) in [6.07, 6.45) is 7.37. The number of ether oxygens (including phenoxy) is 1. The molecule has 1 saturated heterocycles. The van der Waals surface area contributed by atoms with E-state index in [2.05, 4.69) is 20.6 Å². The number of fused-ring (bicyclic) bond motifs is 1. The number of benzene rings is 1. The van der Waals surface area contributed by atoms with Gasteiger partial charge in [0.05, 0.1) is 43.0 Å². The van der Waals surface area contributed by atoms with Crippen molar-refractivity contribution in [2.24, 2.45) is 0 Å². The van der Waals surface area contributed by atoms with Crippen LogP contribution < -0.4 is 10.6 Å². The van der Waals surface area contributed by atoms with E-state index in [4.69, 9.17) is 4.74 Å². The minimum Gasteiger partial charge on any atom is -0.394 e. The molecule has 1 aliphatic rings. The van der Waals surface area contributed by atoms with Gasteiger partial charge in [-0.1, -0.05) is 24.3 Å². The predicted molar refractivity (Wildman–Crippen MR) is 148 cm³/mol. The minimum atomic E-state index is -0.677. The Hall–Kier alpha value is -4.28. The van der Waals surface area contributed by atoms with Crippen LogP contribution in [-0.2, 0) is 16.0 Å². The van der Waals surface area contributed by atoms with Gasteiger partial charge in [-0.25, -0.2) is 9.97 Å². The van der Waals surface area contributed by atoms with Crippen molar-refractivity contribution in [2.45, 2.75) is 25.8 Å². The van der Waals surface area contributed by atoms with Gasteiger partial charge in [0.2, 0.25) is 5.91 Å². The fourth-order valence-corrected chi connectivity index (χ4v) is 4.47. The summed E-state index contributed by atoms with van der Waals surface area (Å²) in [6, 6.07) is 13.4. The Balaban J connectivity index is 1.36. The Morgan fingerprint density at radius 1 is 1.08 bits per heavy atom. The zero-order chi connectivity index (χ0) is 27.4. The van der Waals surface area contributed by atoms with Crippen LogP contribution in [0.1, 0.15) is 29.8 Å². The molecule has 3 N–H and O–H groups in total. The second kappa shape index (κ2) is 11.2. The van der Waals surface area contributed by atoms with Crippen molar-refractivity contribution in [3.63, 3.8) is 0 Å². The number of nitrogens with zero attached hydrogens (tertiary/aromatic N) is 4. The highest BCUT2D eigenvalue weighted by Gasteiger charge is 2.20. The average molecular weight is 529 g/mol. The third-order valence-electron chi connectivity index (χ3n) is 6.56. The lowest BCUT2D eigenvalue weighted by Crippen LogP contribution is -2.46. The number of amides is 2. The van der Waals surface area contributed by atoms with Gasteiger partial charge in [0.25, 0.3) is 5.91 Å². The van der Waals surface area contributed by atoms with Crippen molar-refractivity contribution in [1.82, 2.24) is 24.6 Å². The van der Waals surface area contributed by atoms with Gasteiger partial charge < -0.3 is 29.8 Å². The number of aliphatic hydroxyl groups is 1. The Kier molecular flexibility index (Phi) is 7.58. The zero-order valence-corrected chi connectivity index (χ0v) is 22.1. The van der Waals surface area contributed by atoms with Crippen LogP contribution in [0.3, 0.4) is 0 Å². The molecule has 0 bridgehead atoms. The summed E-state index contributed by atoms with van der Waals surface area (Å²) >= 11 is 0. The Morgan fingerprint density at radius 2 is 1.90 bits per heavy atom. The van der Waals surface area contributed by atoms with E-state index in [0.29, 0.717) is 37.7 Å². The highest BCUT2D eigenvalue weighted by Crippen LogP contribution is 2.28. The van der Waals surface area contributed by atoms with E-state index in [9.17, 15) is 14.7 Å². The maximum atomic E-state index is 12.7. The molecule has 3 aromatic heterocycles. The van der Waals surface area contributed by atoms with Crippen LogP contribution in [0.15, 0.2) is 67.3 Å². The van der Waals surface area contributed by atoms with Crippen LogP contribution in [0.25, 0.3) is 16.8 Å². The van der Waals surface area contributed by atoms with Gasteiger partial charge in [-0.05, 0) is 43.2 Å². The summed E-state index contributed by atoms with van der Waals surface area (Å²) in [4.78, 5) is 36.0. The van der Waals surface area contributed by atoms with Gasteiger partial charge in [-0.2, -0.15) is 0 Å². The first-order valence-electron chi connectivity index (χ1n) is 12.9. The van der Waals surface area contributed by atoms with Crippen molar-refractivity contribution in [3.05, 3.63) is 78.4 Å². The molecular formula is C29H32N6O4. The summed E-state index contributed by atoms with van der Waals surface area (Å²) < 4.78 is 7.26. The molecule has 0 radical (unpaired) electrons. The van der Waals surface area contributed by atoms with E-state index in [-0.39, 0.29) is 24.8 Å². The van der Waals surface area contributed by atoms with Gasteiger partial charge in [0, 0.05) is 43.4 Å². The number of hydrogen-bond donors (Lipinski definition) is 3. The van der Waals surface area contributed by atoms with Gasteiger partial charge in [-0.15, -0.1) is 0 Å². The lowest BCUT2D eigenvalue weighted by Gasteiger charge is -2.26. The van der Waals surface area contributed by atoms with Crippen LogP contribution in [0.4, 0.5) is 11.5 Å². The lowest BCUT2D eigenvalue weighted by atomic mass is 10.0. The van der Waals surface area contributed by atoms with Crippen LogP contribution in [0.2, 0.25) is 0 Å². The van der Waals surface area contributed by atoms with Gasteiger partial charge >= 0.3 is 0 Å². The molecule has 0 aliphatic carbocycles. The van der Waals surface area contributed by atoms with Crippen molar-refractivity contribution in [1.29, 1.82) is 0 Å². The molecule has 4 aromatic rings. The third kappa shape index (κ3) is 6.24. The summed E-state index contributed by atoms with van der Waals surface area (Å²) in [7, 11) is 0. The van der Waals surface area contributed by atoms with E-state index in [1.54, 1.807) is 43.3 Å². The summed E-state index contributed by atoms with van der Waals surface area (Å²) in [5.74, 6) is 0.385. The number of carbonyl (C=O) groups excluding carboxylic acids is 2.